The molecule has 0 spiro atoms. The monoisotopic (exact) mass is 270 g/mol. The van der Waals surface area contributed by atoms with Crippen LogP contribution in [0.25, 0.3) is 11.1 Å². The first-order valence-electron chi connectivity index (χ1n) is 6.20. The van der Waals surface area contributed by atoms with E-state index in [-0.39, 0.29) is 0 Å². The standard InChI is InChI=1S/C15H14O.C2H4O2/c1-2-15(16)14-10-8-13(9-11-14)12-6-4-3-5-7-12;1-2(3)4/h2-11,15-16H,1H2;1H3,(H,3,4). The van der Waals surface area contributed by atoms with E-state index in [9.17, 15) is 5.11 Å². The molecular weight excluding hydrogens is 252 g/mol. The van der Waals surface area contributed by atoms with Gasteiger partial charge in [0.1, 0.15) is 0 Å². The fourth-order valence-corrected chi connectivity index (χ4v) is 1.64. The highest BCUT2D eigenvalue weighted by Crippen LogP contribution is 2.21. The Labute approximate surface area is 118 Å². The number of aliphatic hydroxyl groups excluding tert-OH is 1. The Balaban J connectivity index is 0.000000444. The summed E-state index contributed by atoms with van der Waals surface area (Å²) in [5, 5.41) is 17.0. The molecule has 1 atom stereocenters. The number of benzene rings is 2. The molecule has 0 aromatic heterocycles. The molecule has 0 saturated carbocycles. The van der Waals surface area contributed by atoms with Crippen molar-refractivity contribution in [3.8, 4) is 11.1 Å². The Morgan fingerprint density at radius 1 is 1.05 bits per heavy atom. The average Bonchev–Trinajstić information content (AvgIpc) is 2.47. The summed E-state index contributed by atoms with van der Waals surface area (Å²) in [6, 6.07) is 18.0. The van der Waals surface area contributed by atoms with E-state index < -0.39 is 12.1 Å². The predicted octanol–water partition coefficient (Wildman–Crippen LogP) is 3.66. The van der Waals surface area contributed by atoms with Gasteiger partial charge in [0.15, 0.2) is 0 Å². The molecule has 2 N–H and O–H groups in total. The van der Waals surface area contributed by atoms with Gasteiger partial charge in [-0.25, -0.2) is 0 Å². The van der Waals surface area contributed by atoms with Gasteiger partial charge in [0.25, 0.3) is 5.97 Å². The normalized spacial score (nSPS) is 10.9. The number of hydrogen-bond donors (Lipinski definition) is 2. The van der Waals surface area contributed by atoms with Gasteiger partial charge < -0.3 is 10.2 Å². The van der Waals surface area contributed by atoms with Gasteiger partial charge >= 0.3 is 0 Å². The second kappa shape index (κ2) is 7.92. The highest BCUT2D eigenvalue weighted by molar-refractivity contribution is 5.63. The van der Waals surface area contributed by atoms with Crippen LogP contribution in [0.3, 0.4) is 0 Å². The van der Waals surface area contributed by atoms with E-state index in [1.54, 1.807) is 0 Å². The van der Waals surface area contributed by atoms with Crippen LogP contribution in [0.4, 0.5) is 0 Å². The first-order valence-corrected chi connectivity index (χ1v) is 6.20. The molecule has 0 bridgehead atoms. The van der Waals surface area contributed by atoms with Crippen molar-refractivity contribution in [2.45, 2.75) is 13.0 Å². The van der Waals surface area contributed by atoms with Crippen molar-refractivity contribution in [3.05, 3.63) is 72.8 Å². The lowest BCUT2D eigenvalue weighted by Crippen LogP contribution is -1.91. The third-order valence-corrected chi connectivity index (χ3v) is 2.58. The third kappa shape index (κ3) is 5.08. The summed E-state index contributed by atoms with van der Waals surface area (Å²) < 4.78 is 0. The Bertz CT molecular complexity index is 540. The van der Waals surface area contributed by atoms with Gasteiger partial charge in [-0.2, -0.15) is 0 Å². The van der Waals surface area contributed by atoms with Crippen LogP contribution >= 0.6 is 0 Å². The largest absolute Gasteiger partial charge is 0.481 e. The van der Waals surface area contributed by atoms with Gasteiger partial charge in [-0.1, -0.05) is 60.7 Å². The van der Waals surface area contributed by atoms with E-state index >= 15 is 0 Å². The fourth-order valence-electron chi connectivity index (χ4n) is 1.64. The molecule has 104 valence electrons. The molecule has 0 radical (unpaired) electrons. The average molecular weight is 270 g/mol. The minimum absolute atomic E-state index is 0.579. The number of aliphatic carboxylic acids is 1. The van der Waals surface area contributed by atoms with Crippen LogP contribution in [0.15, 0.2) is 67.3 Å². The lowest BCUT2D eigenvalue weighted by Gasteiger charge is -2.07. The van der Waals surface area contributed by atoms with Gasteiger partial charge in [0.2, 0.25) is 0 Å². The first kappa shape index (κ1) is 15.7. The van der Waals surface area contributed by atoms with Crippen molar-refractivity contribution in [3.63, 3.8) is 0 Å². The Kier molecular flexibility index (Phi) is 6.20. The van der Waals surface area contributed by atoms with Crippen molar-refractivity contribution >= 4 is 5.97 Å². The van der Waals surface area contributed by atoms with Crippen LogP contribution in [-0.4, -0.2) is 16.2 Å². The molecule has 0 fully saturated rings. The molecule has 2 aromatic rings. The number of carboxylic acid groups (broad SMARTS) is 1. The molecule has 0 aliphatic carbocycles. The molecule has 0 heterocycles. The minimum Gasteiger partial charge on any atom is -0.481 e. The van der Waals surface area contributed by atoms with Crippen LogP contribution in [-0.2, 0) is 4.79 Å². The van der Waals surface area contributed by atoms with Crippen molar-refractivity contribution in [1.82, 2.24) is 0 Å². The lowest BCUT2D eigenvalue weighted by atomic mass is 10.0. The molecule has 0 amide bonds. The zero-order valence-corrected chi connectivity index (χ0v) is 11.4. The molecule has 2 aromatic carbocycles. The lowest BCUT2D eigenvalue weighted by molar-refractivity contribution is -0.134. The Morgan fingerprint density at radius 3 is 1.95 bits per heavy atom. The van der Waals surface area contributed by atoms with E-state index in [2.05, 4.69) is 18.7 Å². The zero-order chi connectivity index (χ0) is 15.0. The van der Waals surface area contributed by atoms with Crippen LogP contribution in [0.5, 0.6) is 0 Å². The molecule has 2 rings (SSSR count). The molecule has 0 aliphatic heterocycles. The summed E-state index contributed by atoms with van der Waals surface area (Å²) in [7, 11) is 0. The molecular formula is C17H18O3. The van der Waals surface area contributed by atoms with E-state index in [0.29, 0.717) is 0 Å². The highest BCUT2D eigenvalue weighted by atomic mass is 16.4. The van der Waals surface area contributed by atoms with Gasteiger partial charge in [-0.05, 0) is 16.7 Å². The van der Waals surface area contributed by atoms with Crippen molar-refractivity contribution in [1.29, 1.82) is 0 Å². The van der Waals surface area contributed by atoms with Crippen LogP contribution < -0.4 is 0 Å². The third-order valence-electron chi connectivity index (χ3n) is 2.58. The fraction of sp³-hybridized carbons (Fsp3) is 0.118. The molecule has 1 unspecified atom stereocenters. The van der Waals surface area contributed by atoms with Crippen molar-refractivity contribution in [2.75, 3.05) is 0 Å². The molecule has 3 heteroatoms. The van der Waals surface area contributed by atoms with Crippen molar-refractivity contribution in [2.24, 2.45) is 0 Å². The second-order valence-corrected chi connectivity index (χ2v) is 4.19. The van der Waals surface area contributed by atoms with Crippen LogP contribution in [0.1, 0.15) is 18.6 Å². The van der Waals surface area contributed by atoms with Gasteiger partial charge in [0, 0.05) is 6.92 Å². The summed E-state index contributed by atoms with van der Waals surface area (Å²) in [6.07, 6.45) is 0.946. The number of carboxylic acids is 1. The molecule has 0 saturated heterocycles. The van der Waals surface area contributed by atoms with Gasteiger partial charge in [-0.15, -0.1) is 6.58 Å². The first-order chi connectivity index (χ1) is 9.54. The molecule has 3 nitrogen and oxygen atoms in total. The summed E-state index contributed by atoms with van der Waals surface area (Å²) in [6.45, 7) is 4.65. The highest BCUT2D eigenvalue weighted by Gasteiger charge is 2.02. The predicted molar refractivity (Wildman–Crippen MR) is 80.3 cm³/mol. The van der Waals surface area contributed by atoms with E-state index in [1.165, 1.54) is 11.6 Å². The van der Waals surface area contributed by atoms with Crippen LogP contribution in [0, 0.1) is 0 Å². The van der Waals surface area contributed by atoms with E-state index in [0.717, 1.165) is 18.1 Å². The van der Waals surface area contributed by atoms with E-state index in [1.807, 2.05) is 42.5 Å². The Morgan fingerprint density at radius 2 is 1.50 bits per heavy atom. The summed E-state index contributed by atoms with van der Waals surface area (Å²) >= 11 is 0. The minimum atomic E-state index is -0.833. The summed E-state index contributed by atoms with van der Waals surface area (Å²) in [4.78, 5) is 9.00. The topological polar surface area (TPSA) is 57.5 Å². The number of hydrogen-bond acceptors (Lipinski definition) is 2. The second-order valence-electron chi connectivity index (χ2n) is 4.19. The maximum atomic E-state index is 9.57. The van der Waals surface area contributed by atoms with Gasteiger partial charge in [-0.3, -0.25) is 4.79 Å². The zero-order valence-electron chi connectivity index (χ0n) is 11.4. The smallest absolute Gasteiger partial charge is 0.300 e. The van der Waals surface area contributed by atoms with E-state index in [4.69, 9.17) is 9.90 Å². The summed E-state index contributed by atoms with van der Waals surface area (Å²) in [5.41, 5.74) is 3.21. The molecule has 20 heavy (non-hydrogen) atoms. The number of carbonyl (C=O) groups is 1. The molecule has 0 aliphatic rings. The van der Waals surface area contributed by atoms with Gasteiger partial charge in [0.05, 0.1) is 6.10 Å². The van der Waals surface area contributed by atoms with Crippen LogP contribution in [0.2, 0.25) is 0 Å². The van der Waals surface area contributed by atoms with Crippen molar-refractivity contribution < 1.29 is 15.0 Å². The SMILES string of the molecule is C=CC(O)c1ccc(-c2ccccc2)cc1.CC(=O)O. The number of aliphatic hydroxyl groups is 1. The Hall–Kier alpha value is -2.39. The maximum absolute atomic E-state index is 9.57. The summed E-state index contributed by atoms with van der Waals surface area (Å²) in [5.74, 6) is -0.833. The maximum Gasteiger partial charge on any atom is 0.300 e. The quantitative estimate of drug-likeness (QED) is 0.837. The number of rotatable bonds is 3.